The number of nitrogens with zero attached hydrogens (tertiary/aromatic N) is 1. The van der Waals surface area contributed by atoms with Crippen LogP contribution in [0.1, 0.15) is 5.56 Å². The van der Waals surface area contributed by atoms with E-state index in [4.69, 9.17) is 34.8 Å². The molecule has 1 amide bonds. The van der Waals surface area contributed by atoms with Gasteiger partial charge in [-0.1, -0.05) is 65.1 Å². The van der Waals surface area contributed by atoms with Crippen molar-refractivity contribution in [1.82, 2.24) is 4.90 Å². The van der Waals surface area contributed by atoms with E-state index in [1.165, 1.54) is 17.7 Å². The molecule has 0 bridgehead atoms. The molecule has 0 unspecified atom stereocenters. The molecule has 0 heterocycles. The maximum Gasteiger partial charge on any atom is 0.238 e. The molecule has 0 fully saturated rings. The Morgan fingerprint density at radius 2 is 1.68 bits per heavy atom. The van der Waals surface area contributed by atoms with Gasteiger partial charge in [-0.3, -0.25) is 9.69 Å². The molecule has 0 aromatic heterocycles. The van der Waals surface area contributed by atoms with Crippen LogP contribution in [-0.4, -0.2) is 42.2 Å². The molecule has 2 N–H and O–H groups in total. The first kappa shape index (κ1) is 20.0. The number of carbonyl (C=O) groups excluding carboxylic acids is 1. The van der Waals surface area contributed by atoms with Gasteiger partial charge in [-0.2, -0.15) is 0 Å². The number of carbonyl (C=O) groups is 1. The first-order valence-corrected chi connectivity index (χ1v) is 8.94. The molecule has 0 saturated carbocycles. The van der Waals surface area contributed by atoms with Crippen LogP contribution in [0.2, 0.25) is 15.1 Å². The first-order valence-electron chi connectivity index (χ1n) is 7.81. The van der Waals surface area contributed by atoms with Gasteiger partial charge in [-0.25, -0.2) is 0 Å². The zero-order valence-electron chi connectivity index (χ0n) is 13.5. The van der Waals surface area contributed by atoms with E-state index < -0.39 is 0 Å². The van der Waals surface area contributed by atoms with Gasteiger partial charge >= 0.3 is 0 Å². The summed E-state index contributed by atoms with van der Waals surface area (Å²) in [5.74, 6) is -0.257. The monoisotopic (exact) mass is 400 g/mol. The van der Waals surface area contributed by atoms with E-state index in [-0.39, 0.29) is 29.1 Å². The Labute approximate surface area is 162 Å². The van der Waals surface area contributed by atoms with E-state index >= 15 is 0 Å². The summed E-state index contributed by atoms with van der Waals surface area (Å²) in [5, 5.41) is 12.9. The zero-order chi connectivity index (χ0) is 18.2. The lowest BCUT2D eigenvalue weighted by Crippen LogP contribution is -2.36. The van der Waals surface area contributed by atoms with Crippen molar-refractivity contribution < 1.29 is 9.90 Å². The maximum atomic E-state index is 12.3. The van der Waals surface area contributed by atoms with E-state index in [0.717, 1.165) is 6.42 Å². The molecule has 134 valence electrons. The minimum absolute atomic E-state index is 0.0233. The van der Waals surface area contributed by atoms with Gasteiger partial charge in [0, 0.05) is 18.1 Å². The Hall–Kier alpha value is -1.30. The van der Waals surface area contributed by atoms with Crippen LogP contribution < -0.4 is 5.32 Å². The van der Waals surface area contributed by atoms with Gasteiger partial charge in [0.15, 0.2) is 0 Å². The van der Waals surface area contributed by atoms with Crippen LogP contribution in [0.3, 0.4) is 0 Å². The van der Waals surface area contributed by atoms with Crippen LogP contribution in [0.25, 0.3) is 0 Å². The second-order valence-corrected chi connectivity index (χ2v) is 6.78. The van der Waals surface area contributed by atoms with E-state index in [2.05, 4.69) is 5.32 Å². The lowest BCUT2D eigenvalue weighted by molar-refractivity contribution is -0.117. The molecule has 0 radical (unpaired) electrons. The molecule has 0 aliphatic heterocycles. The van der Waals surface area contributed by atoms with Crippen molar-refractivity contribution in [1.29, 1.82) is 0 Å². The predicted molar refractivity (Wildman–Crippen MR) is 104 cm³/mol. The van der Waals surface area contributed by atoms with Gasteiger partial charge in [0.1, 0.15) is 0 Å². The average Bonchev–Trinajstić information content (AvgIpc) is 2.57. The smallest absolute Gasteiger partial charge is 0.238 e. The number of halogens is 3. The van der Waals surface area contributed by atoms with Gasteiger partial charge < -0.3 is 10.4 Å². The van der Waals surface area contributed by atoms with Crippen molar-refractivity contribution >= 4 is 46.4 Å². The summed E-state index contributed by atoms with van der Waals surface area (Å²) in [6.45, 7) is 1.16. The Bertz CT molecular complexity index is 688. The third-order valence-electron chi connectivity index (χ3n) is 3.61. The molecule has 0 saturated heterocycles. The number of hydrogen-bond acceptors (Lipinski definition) is 3. The fourth-order valence-corrected chi connectivity index (χ4v) is 3.30. The summed E-state index contributed by atoms with van der Waals surface area (Å²) in [5.41, 5.74) is 1.51. The van der Waals surface area contributed by atoms with Gasteiger partial charge in [-0.15, -0.1) is 0 Å². The molecule has 0 aliphatic carbocycles. The lowest BCUT2D eigenvalue weighted by Gasteiger charge is -2.21. The third kappa shape index (κ3) is 6.49. The summed E-state index contributed by atoms with van der Waals surface area (Å²) >= 11 is 18.0. The van der Waals surface area contributed by atoms with Crippen LogP contribution in [0.5, 0.6) is 0 Å². The standard InChI is InChI=1S/C18H19Cl3N2O2/c19-14-10-15(20)18(16(21)11-14)22-17(25)12-23(8-9-24)7-6-13-4-2-1-3-5-13/h1-5,10-11,24H,6-9,12H2,(H,22,25). The SMILES string of the molecule is O=C(CN(CCO)CCc1ccccc1)Nc1c(Cl)cc(Cl)cc1Cl. The molecular weight excluding hydrogens is 383 g/mol. The quantitative estimate of drug-likeness (QED) is 0.699. The predicted octanol–water partition coefficient (Wildman–Crippen LogP) is 4.12. The second-order valence-electron chi connectivity index (χ2n) is 5.53. The van der Waals surface area contributed by atoms with E-state index in [1.807, 2.05) is 35.2 Å². The van der Waals surface area contributed by atoms with Gasteiger partial charge in [0.2, 0.25) is 5.91 Å². The maximum absolute atomic E-state index is 12.3. The van der Waals surface area contributed by atoms with Crippen LogP contribution in [0, 0.1) is 0 Å². The van der Waals surface area contributed by atoms with Gasteiger partial charge in [0.25, 0.3) is 0 Å². The number of amides is 1. The van der Waals surface area contributed by atoms with E-state index in [0.29, 0.717) is 23.8 Å². The molecule has 2 aromatic carbocycles. The highest BCUT2D eigenvalue weighted by Gasteiger charge is 2.14. The fourth-order valence-electron chi connectivity index (χ4n) is 2.39. The zero-order valence-corrected chi connectivity index (χ0v) is 15.8. The van der Waals surface area contributed by atoms with Crippen LogP contribution >= 0.6 is 34.8 Å². The number of nitrogens with one attached hydrogen (secondary N) is 1. The molecule has 0 aliphatic rings. The number of benzene rings is 2. The molecule has 0 spiro atoms. The van der Waals surface area contributed by atoms with Gasteiger partial charge in [0.05, 0.1) is 28.9 Å². The fraction of sp³-hybridized carbons (Fsp3) is 0.278. The molecule has 7 heteroatoms. The van der Waals surface area contributed by atoms with Crippen molar-refractivity contribution in [3.63, 3.8) is 0 Å². The molecule has 4 nitrogen and oxygen atoms in total. The van der Waals surface area contributed by atoms with E-state index in [9.17, 15) is 9.90 Å². The Morgan fingerprint density at radius 3 is 2.28 bits per heavy atom. The van der Waals surface area contributed by atoms with E-state index in [1.54, 1.807) is 0 Å². The van der Waals surface area contributed by atoms with Crippen molar-refractivity contribution in [3.05, 3.63) is 63.1 Å². The van der Waals surface area contributed by atoms with Crippen LogP contribution in [-0.2, 0) is 11.2 Å². The minimum atomic E-state index is -0.257. The first-order chi connectivity index (χ1) is 12.0. The highest BCUT2D eigenvalue weighted by atomic mass is 35.5. The molecule has 2 rings (SSSR count). The topological polar surface area (TPSA) is 52.6 Å². The number of hydrogen-bond donors (Lipinski definition) is 2. The lowest BCUT2D eigenvalue weighted by atomic mass is 10.1. The largest absolute Gasteiger partial charge is 0.395 e. The normalized spacial score (nSPS) is 10.9. The van der Waals surface area contributed by atoms with Crippen molar-refractivity contribution in [2.75, 3.05) is 31.6 Å². The summed E-state index contributed by atoms with van der Waals surface area (Å²) in [6, 6.07) is 13.0. The Balaban J connectivity index is 1.95. The molecule has 0 atom stereocenters. The Morgan fingerprint density at radius 1 is 1.04 bits per heavy atom. The van der Waals surface area contributed by atoms with Gasteiger partial charge in [-0.05, 0) is 24.1 Å². The van der Waals surface area contributed by atoms with Crippen molar-refractivity contribution in [2.24, 2.45) is 0 Å². The number of rotatable bonds is 8. The number of anilines is 1. The highest BCUT2D eigenvalue weighted by Crippen LogP contribution is 2.33. The van der Waals surface area contributed by atoms with Crippen molar-refractivity contribution in [3.8, 4) is 0 Å². The molecule has 2 aromatic rings. The highest BCUT2D eigenvalue weighted by molar-refractivity contribution is 6.42. The summed E-state index contributed by atoms with van der Waals surface area (Å²) in [6.07, 6.45) is 0.788. The third-order valence-corrected chi connectivity index (χ3v) is 4.43. The average molecular weight is 402 g/mol. The number of aliphatic hydroxyl groups is 1. The molecule has 25 heavy (non-hydrogen) atoms. The Kier molecular flexibility index (Phi) is 8.00. The summed E-state index contributed by atoms with van der Waals surface area (Å²) < 4.78 is 0. The van der Waals surface area contributed by atoms with Crippen LogP contribution in [0.4, 0.5) is 5.69 Å². The molecular formula is C18H19Cl3N2O2. The van der Waals surface area contributed by atoms with Crippen molar-refractivity contribution in [2.45, 2.75) is 6.42 Å². The second kappa shape index (κ2) is 10.00. The number of aliphatic hydroxyl groups excluding tert-OH is 1. The van der Waals surface area contributed by atoms with Crippen LogP contribution in [0.15, 0.2) is 42.5 Å². The minimum Gasteiger partial charge on any atom is -0.395 e. The summed E-state index contributed by atoms with van der Waals surface area (Å²) in [4.78, 5) is 14.2. The summed E-state index contributed by atoms with van der Waals surface area (Å²) in [7, 11) is 0.